The van der Waals surface area contributed by atoms with Crippen LogP contribution < -0.4 is 0 Å². The lowest BCUT2D eigenvalue weighted by atomic mass is 10.2. The number of hydrogen-bond donors (Lipinski definition) is 0. The monoisotopic (exact) mass is 100 g/mol. The molecule has 0 N–H and O–H groups in total. The minimum atomic E-state index is 0.491. The van der Waals surface area contributed by atoms with Gasteiger partial charge in [-0.2, -0.15) is 0 Å². The second-order valence-corrected chi connectivity index (χ2v) is 1.67. The molecular weight excluding hydrogens is 88.1 g/mol. The Morgan fingerprint density at radius 1 is 1.86 bits per heavy atom. The van der Waals surface area contributed by atoms with E-state index < -0.39 is 0 Å². The number of rotatable bonds is 3. The SMILES string of the molecule is C=C[C@H](C)COC. The number of hydrogen-bond acceptors (Lipinski definition) is 1. The molecule has 0 aliphatic rings. The van der Waals surface area contributed by atoms with Gasteiger partial charge in [0.1, 0.15) is 0 Å². The van der Waals surface area contributed by atoms with E-state index in [-0.39, 0.29) is 0 Å². The van der Waals surface area contributed by atoms with E-state index in [9.17, 15) is 0 Å². The van der Waals surface area contributed by atoms with E-state index in [1.165, 1.54) is 0 Å². The molecule has 1 heteroatoms. The maximum Gasteiger partial charge on any atom is 0.0522 e. The third kappa shape index (κ3) is 3.53. The van der Waals surface area contributed by atoms with Crippen molar-refractivity contribution in [3.63, 3.8) is 0 Å². The van der Waals surface area contributed by atoms with Gasteiger partial charge in [0.25, 0.3) is 0 Å². The molecule has 42 valence electrons. The first kappa shape index (κ1) is 6.70. The summed E-state index contributed by atoms with van der Waals surface area (Å²) >= 11 is 0. The Morgan fingerprint density at radius 3 is 2.57 bits per heavy atom. The van der Waals surface area contributed by atoms with Crippen LogP contribution in [0.5, 0.6) is 0 Å². The van der Waals surface area contributed by atoms with Crippen LogP contribution in [0.15, 0.2) is 12.7 Å². The fraction of sp³-hybridized carbons (Fsp3) is 0.667. The molecule has 1 nitrogen and oxygen atoms in total. The third-order valence-electron chi connectivity index (χ3n) is 0.832. The van der Waals surface area contributed by atoms with E-state index in [1.54, 1.807) is 7.11 Å². The zero-order chi connectivity index (χ0) is 5.70. The van der Waals surface area contributed by atoms with Gasteiger partial charge in [-0.15, -0.1) is 6.58 Å². The van der Waals surface area contributed by atoms with Crippen molar-refractivity contribution >= 4 is 0 Å². The van der Waals surface area contributed by atoms with Crippen LogP contribution in [0, 0.1) is 5.92 Å². The minimum absolute atomic E-state index is 0.491. The van der Waals surface area contributed by atoms with Gasteiger partial charge in [0.15, 0.2) is 0 Å². The van der Waals surface area contributed by atoms with E-state index in [0.29, 0.717) is 5.92 Å². The molecule has 0 amide bonds. The fourth-order valence-corrected chi connectivity index (χ4v) is 0.331. The van der Waals surface area contributed by atoms with Crippen molar-refractivity contribution in [1.82, 2.24) is 0 Å². The number of methoxy groups -OCH3 is 1. The smallest absolute Gasteiger partial charge is 0.0522 e. The Hall–Kier alpha value is -0.300. The summed E-state index contributed by atoms with van der Waals surface area (Å²) in [4.78, 5) is 0. The first-order chi connectivity index (χ1) is 3.31. The van der Waals surface area contributed by atoms with Gasteiger partial charge in [0.05, 0.1) is 6.61 Å². The maximum atomic E-state index is 4.82. The third-order valence-corrected chi connectivity index (χ3v) is 0.832. The predicted octanol–water partition coefficient (Wildman–Crippen LogP) is 1.45. The Bertz CT molecular complexity index is 50.1. The second kappa shape index (κ2) is 3.88. The van der Waals surface area contributed by atoms with E-state index in [0.717, 1.165) is 6.61 Å². The summed E-state index contributed by atoms with van der Waals surface area (Å²) in [6, 6.07) is 0. The van der Waals surface area contributed by atoms with Crippen LogP contribution in [-0.2, 0) is 4.74 Å². The highest BCUT2D eigenvalue weighted by Crippen LogP contribution is 1.92. The molecule has 0 aliphatic carbocycles. The van der Waals surface area contributed by atoms with Crippen LogP contribution in [-0.4, -0.2) is 13.7 Å². The zero-order valence-corrected chi connectivity index (χ0v) is 4.98. The average Bonchev–Trinajstić information content (AvgIpc) is 1.68. The summed E-state index contributed by atoms with van der Waals surface area (Å²) < 4.78 is 4.82. The van der Waals surface area contributed by atoms with Gasteiger partial charge in [0.2, 0.25) is 0 Å². The van der Waals surface area contributed by atoms with Crippen molar-refractivity contribution in [2.24, 2.45) is 5.92 Å². The van der Waals surface area contributed by atoms with Crippen molar-refractivity contribution in [2.45, 2.75) is 6.92 Å². The first-order valence-electron chi connectivity index (χ1n) is 2.42. The highest BCUT2D eigenvalue weighted by atomic mass is 16.5. The molecule has 0 heterocycles. The molecule has 0 aromatic rings. The summed E-state index contributed by atoms with van der Waals surface area (Å²) in [6.45, 7) is 6.45. The lowest BCUT2D eigenvalue weighted by Crippen LogP contribution is -1.97. The lowest BCUT2D eigenvalue weighted by Gasteiger charge is -1.99. The summed E-state index contributed by atoms with van der Waals surface area (Å²) in [7, 11) is 1.69. The van der Waals surface area contributed by atoms with Crippen molar-refractivity contribution in [1.29, 1.82) is 0 Å². The topological polar surface area (TPSA) is 9.23 Å². The van der Waals surface area contributed by atoms with Crippen LogP contribution in [0.4, 0.5) is 0 Å². The second-order valence-electron chi connectivity index (χ2n) is 1.67. The van der Waals surface area contributed by atoms with Gasteiger partial charge in [-0.25, -0.2) is 0 Å². The van der Waals surface area contributed by atoms with Gasteiger partial charge in [-0.05, 0) is 5.92 Å². The molecule has 0 saturated heterocycles. The Morgan fingerprint density at radius 2 is 2.43 bits per heavy atom. The Balaban J connectivity index is 2.98. The molecule has 0 unspecified atom stereocenters. The molecule has 0 bridgehead atoms. The summed E-state index contributed by atoms with van der Waals surface area (Å²) in [5.74, 6) is 0.491. The number of ether oxygens (including phenoxy) is 1. The first-order valence-corrected chi connectivity index (χ1v) is 2.42. The molecule has 0 aromatic heterocycles. The molecular formula is C6H12O. The Kier molecular flexibility index (Phi) is 3.71. The van der Waals surface area contributed by atoms with E-state index in [2.05, 4.69) is 13.5 Å². The Labute approximate surface area is 45.0 Å². The maximum absolute atomic E-state index is 4.82. The van der Waals surface area contributed by atoms with Crippen LogP contribution >= 0.6 is 0 Å². The molecule has 0 aromatic carbocycles. The summed E-state index contributed by atoms with van der Waals surface area (Å²) in [5.41, 5.74) is 0. The predicted molar refractivity (Wildman–Crippen MR) is 31.2 cm³/mol. The zero-order valence-electron chi connectivity index (χ0n) is 4.98. The van der Waals surface area contributed by atoms with Crippen molar-refractivity contribution in [3.05, 3.63) is 12.7 Å². The molecule has 0 fully saturated rings. The average molecular weight is 100 g/mol. The molecule has 0 radical (unpaired) electrons. The molecule has 0 aliphatic heterocycles. The highest BCUT2D eigenvalue weighted by Gasteiger charge is 1.89. The molecule has 0 rings (SSSR count). The lowest BCUT2D eigenvalue weighted by molar-refractivity contribution is 0.176. The molecule has 7 heavy (non-hydrogen) atoms. The van der Waals surface area contributed by atoms with Gasteiger partial charge in [-0.3, -0.25) is 0 Å². The minimum Gasteiger partial charge on any atom is -0.384 e. The van der Waals surface area contributed by atoms with Gasteiger partial charge < -0.3 is 4.74 Å². The molecule has 0 spiro atoms. The summed E-state index contributed by atoms with van der Waals surface area (Å²) in [5, 5.41) is 0. The fourth-order valence-electron chi connectivity index (χ4n) is 0.331. The quantitative estimate of drug-likeness (QED) is 0.488. The van der Waals surface area contributed by atoms with E-state index in [1.807, 2.05) is 6.08 Å². The summed E-state index contributed by atoms with van der Waals surface area (Å²) in [6.07, 6.45) is 1.88. The molecule has 1 atom stereocenters. The largest absolute Gasteiger partial charge is 0.384 e. The van der Waals surface area contributed by atoms with Crippen LogP contribution in [0.2, 0.25) is 0 Å². The molecule has 0 saturated carbocycles. The van der Waals surface area contributed by atoms with Crippen molar-refractivity contribution in [2.75, 3.05) is 13.7 Å². The van der Waals surface area contributed by atoms with Gasteiger partial charge in [0, 0.05) is 7.11 Å². The highest BCUT2D eigenvalue weighted by molar-refractivity contribution is 4.73. The normalized spacial score (nSPS) is 13.4. The van der Waals surface area contributed by atoms with Crippen LogP contribution in [0.3, 0.4) is 0 Å². The van der Waals surface area contributed by atoms with Gasteiger partial charge >= 0.3 is 0 Å². The van der Waals surface area contributed by atoms with E-state index in [4.69, 9.17) is 4.74 Å². The van der Waals surface area contributed by atoms with Crippen LogP contribution in [0.1, 0.15) is 6.92 Å². The van der Waals surface area contributed by atoms with Crippen molar-refractivity contribution in [3.8, 4) is 0 Å². The van der Waals surface area contributed by atoms with Crippen molar-refractivity contribution < 1.29 is 4.74 Å². The van der Waals surface area contributed by atoms with Crippen LogP contribution in [0.25, 0.3) is 0 Å². The van der Waals surface area contributed by atoms with Gasteiger partial charge in [-0.1, -0.05) is 13.0 Å². The van der Waals surface area contributed by atoms with E-state index >= 15 is 0 Å². The standard InChI is InChI=1S/C6H12O/c1-4-6(2)5-7-3/h4,6H,1,5H2,2-3H3/t6-/m0/s1.